The lowest BCUT2D eigenvalue weighted by Crippen LogP contribution is -2.23. The van der Waals surface area contributed by atoms with Gasteiger partial charge < -0.3 is 10.1 Å². The van der Waals surface area contributed by atoms with Gasteiger partial charge in [-0.05, 0) is 44.0 Å². The third-order valence-electron chi connectivity index (χ3n) is 3.33. The maximum atomic E-state index is 12.7. The van der Waals surface area contributed by atoms with Crippen LogP contribution in [0.3, 0.4) is 0 Å². The molecule has 0 aromatic heterocycles. The first kappa shape index (κ1) is 17.0. The average Bonchev–Trinajstić information content (AvgIpc) is 2.42. The van der Waals surface area contributed by atoms with Gasteiger partial charge in [-0.25, -0.2) is 0 Å². The molecule has 1 aromatic rings. The minimum Gasteiger partial charge on any atom is -0.382 e. The van der Waals surface area contributed by atoms with Gasteiger partial charge in [0.25, 0.3) is 0 Å². The fraction of sp³-hybridized carbons (Fsp3) is 0.600. The second-order valence-corrected chi connectivity index (χ2v) is 4.86. The van der Waals surface area contributed by atoms with Crippen molar-refractivity contribution in [1.82, 2.24) is 5.32 Å². The lowest BCUT2D eigenvalue weighted by molar-refractivity contribution is -0.137. The van der Waals surface area contributed by atoms with Gasteiger partial charge in [-0.1, -0.05) is 19.1 Å². The lowest BCUT2D eigenvalue weighted by atomic mass is 9.98. The summed E-state index contributed by atoms with van der Waals surface area (Å²) < 4.78 is 43.4. The largest absolute Gasteiger partial charge is 0.416 e. The number of nitrogens with one attached hydrogen (secondary N) is 1. The molecule has 0 aliphatic heterocycles. The van der Waals surface area contributed by atoms with Crippen LogP contribution in [0.2, 0.25) is 0 Å². The highest BCUT2D eigenvalue weighted by atomic mass is 19.4. The maximum Gasteiger partial charge on any atom is 0.416 e. The fourth-order valence-corrected chi connectivity index (χ4v) is 2.08. The molecule has 0 amide bonds. The number of rotatable bonds is 7. The van der Waals surface area contributed by atoms with Crippen LogP contribution in [0, 0.1) is 0 Å². The molecule has 0 aliphatic rings. The van der Waals surface area contributed by atoms with Crippen LogP contribution in [0.5, 0.6) is 0 Å². The number of hydrogen-bond acceptors (Lipinski definition) is 2. The van der Waals surface area contributed by atoms with Gasteiger partial charge in [-0.3, -0.25) is 0 Å². The Hall–Kier alpha value is -1.07. The third-order valence-corrected chi connectivity index (χ3v) is 3.33. The molecule has 0 aliphatic carbocycles. The Morgan fingerprint density at radius 1 is 1.25 bits per heavy atom. The van der Waals surface area contributed by atoms with E-state index in [0.29, 0.717) is 12.1 Å². The molecule has 0 radical (unpaired) electrons. The van der Waals surface area contributed by atoms with Crippen molar-refractivity contribution < 1.29 is 17.9 Å². The van der Waals surface area contributed by atoms with Gasteiger partial charge >= 0.3 is 6.18 Å². The Kier molecular flexibility index (Phi) is 6.49. The van der Waals surface area contributed by atoms with Crippen molar-refractivity contribution in [3.05, 3.63) is 35.4 Å². The third kappa shape index (κ3) is 5.13. The molecule has 5 heteroatoms. The predicted molar refractivity (Wildman–Crippen MR) is 73.6 cm³/mol. The molecule has 0 saturated carbocycles. The molecule has 2 unspecified atom stereocenters. The van der Waals surface area contributed by atoms with E-state index in [9.17, 15) is 13.2 Å². The van der Waals surface area contributed by atoms with Crippen molar-refractivity contribution in [3.8, 4) is 0 Å². The Balaban J connectivity index is 2.85. The molecule has 1 aromatic carbocycles. The van der Waals surface area contributed by atoms with E-state index in [1.165, 1.54) is 12.1 Å². The summed E-state index contributed by atoms with van der Waals surface area (Å²) >= 11 is 0. The zero-order chi connectivity index (χ0) is 15.2. The van der Waals surface area contributed by atoms with Gasteiger partial charge in [0.15, 0.2) is 0 Å². The summed E-state index contributed by atoms with van der Waals surface area (Å²) in [5.74, 6) is 0. The van der Waals surface area contributed by atoms with Crippen LogP contribution in [-0.2, 0) is 10.9 Å². The van der Waals surface area contributed by atoms with Crippen molar-refractivity contribution in [2.45, 2.75) is 45.0 Å². The van der Waals surface area contributed by atoms with Crippen LogP contribution in [0.1, 0.15) is 43.9 Å². The van der Waals surface area contributed by atoms with Gasteiger partial charge in [0.05, 0.1) is 11.7 Å². The number of methoxy groups -OCH3 is 1. The van der Waals surface area contributed by atoms with Crippen LogP contribution < -0.4 is 5.32 Å². The van der Waals surface area contributed by atoms with E-state index in [1.54, 1.807) is 13.2 Å². The number of hydrogen-bond donors (Lipinski definition) is 1. The van der Waals surface area contributed by atoms with Gasteiger partial charge in [0.2, 0.25) is 0 Å². The van der Waals surface area contributed by atoms with E-state index in [2.05, 4.69) is 5.32 Å². The van der Waals surface area contributed by atoms with Crippen LogP contribution >= 0.6 is 0 Å². The highest BCUT2D eigenvalue weighted by Crippen LogP contribution is 2.31. The summed E-state index contributed by atoms with van der Waals surface area (Å²) in [5.41, 5.74) is 0.0719. The quantitative estimate of drug-likeness (QED) is 0.813. The lowest BCUT2D eigenvalue weighted by Gasteiger charge is -2.21. The van der Waals surface area contributed by atoms with E-state index in [4.69, 9.17) is 4.74 Å². The van der Waals surface area contributed by atoms with Crippen LogP contribution in [-0.4, -0.2) is 19.8 Å². The average molecular weight is 289 g/mol. The van der Waals surface area contributed by atoms with Gasteiger partial charge in [-0.15, -0.1) is 0 Å². The number of alkyl halides is 3. The molecule has 2 nitrogen and oxygen atoms in total. The highest BCUT2D eigenvalue weighted by Gasteiger charge is 2.30. The van der Waals surface area contributed by atoms with E-state index in [-0.39, 0.29) is 12.1 Å². The number of halogens is 3. The molecule has 0 heterocycles. The van der Waals surface area contributed by atoms with Crippen molar-refractivity contribution >= 4 is 0 Å². The molecule has 0 bridgehead atoms. The fourth-order valence-electron chi connectivity index (χ4n) is 2.08. The molecule has 0 spiro atoms. The van der Waals surface area contributed by atoms with Crippen LogP contribution in [0.25, 0.3) is 0 Å². The first-order valence-electron chi connectivity index (χ1n) is 6.81. The Bertz CT molecular complexity index is 406. The normalized spacial score (nSPS) is 15.1. The molecule has 0 fully saturated rings. The van der Waals surface area contributed by atoms with E-state index < -0.39 is 11.7 Å². The molecule has 1 rings (SSSR count). The van der Waals surface area contributed by atoms with Gasteiger partial charge in [0.1, 0.15) is 0 Å². The summed E-state index contributed by atoms with van der Waals surface area (Å²) in [4.78, 5) is 0. The standard InChI is InChI=1S/C15H22F3NO/c1-4-19-14(9-8-11(2)20-3)12-6-5-7-13(10-12)15(16,17)18/h5-7,10-11,14,19H,4,8-9H2,1-3H3. The van der Waals surface area contributed by atoms with Crippen LogP contribution in [0.15, 0.2) is 24.3 Å². The molecule has 1 N–H and O–H groups in total. The summed E-state index contributed by atoms with van der Waals surface area (Å²) in [7, 11) is 1.64. The predicted octanol–water partition coefficient (Wildman–Crippen LogP) is 4.17. The summed E-state index contributed by atoms with van der Waals surface area (Å²) in [5, 5.41) is 3.23. The zero-order valence-electron chi connectivity index (χ0n) is 12.1. The highest BCUT2D eigenvalue weighted by molar-refractivity contribution is 5.28. The van der Waals surface area contributed by atoms with E-state index in [1.807, 2.05) is 13.8 Å². The minimum atomic E-state index is -4.30. The second kappa shape index (κ2) is 7.64. The maximum absolute atomic E-state index is 12.7. The topological polar surface area (TPSA) is 21.3 Å². The summed E-state index contributed by atoms with van der Waals surface area (Å²) in [6.07, 6.45) is -2.66. The van der Waals surface area contributed by atoms with Crippen LogP contribution in [0.4, 0.5) is 13.2 Å². The summed E-state index contributed by atoms with van der Waals surface area (Å²) in [6, 6.07) is 5.44. The van der Waals surface area contributed by atoms with Crippen molar-refractivity contribution in [3.63, 3.8) is 0 Å². The van der Waals surface area contributed by atoms with Crippen molar-refractivity contribution in [2.24, 2.45) is 0 Å². The zero-order valence-corrected chi connectivity index (χ0v) is 12.1. The molecule has 2 atom stereocenters. The van der Waals surface area contributed by atoms with E-state index in [0.717, 1.165) is 18.9 Å². The van der Waals surface area contributed by atoms with E-state index >= 15 is 0 Å². The Labute approximate surface area is 118 Å². The monoisotopic (exact) mass is 289 g/mol. The molecule has 114 valence electrons. The number of benzene rings is 1. The first-order valence-corrected chi connectivity index (χ1v) is 6.81. The van der Waals surface area contributed by atoms with Gasteiger partial charge in [0, 0.05) is 13.2 Å². The second-order valence-electron chi connectivity index (χ2n) is 4.86. The Morgan fingerprint density at radius 3 is 2.50 bits per heavy atom. The minimum absolute atomic E-state index is 0.0834. The Morgan fingerprint density at radius 2 is 1.95 bits per heavy atom. The molecular formula is C15H22F3NO. The van der Waals surface area contributed by atoms with Crippen molar-refractivity contribution in [2.75, 3.05) is 13.7 Å². The number of ether oxygens (including phenoxy) is 1. The van der Waals surface area contributed by atoms with Crippen molar-refractivity contribution in [1.29, 1.82) is 0 Å². The summed E-state index contributed by atoms with van der Waals surface area (Å²) in [6.45, 7) is 4.61. The first-order chi connectivity index (χ1) is 9.38. The molecule has 0 saturated heterocycles. The molecule has 20 heavy (non-hydrogen) atoms. The molecular weight excluding hydrogens is 267 g/mol. The smallest absolute Gasteiger partial charge is 0.382 e. The van der Waals surface area contributed by atoms with Gasteiger partial charge in [-0.2, -0.15) is 13.2 Å². The SMILES string of the molecule is CCNC(CCC(C)OC)c1cccc(C(F)(F)F)c1.